The number of nitrogens with one attached hydrogen (secondary N) is 1. The molecule has 0 aliphatic carbocycles. The molecule has 158 valence electrons. The molecule has 1 heterocycles. The van der Waals surface area contributed by atoms with E-state index in [4.69, 9.17) is 5.21 Å². The van der Waals surface area contributed by atoms with Gasteiger partial charge in [-0.15, -0.1) is 12.4 Å². The van der Waals surface area contributed by atoms with Crippen molar-refractivity contribution in [2.45, 2.75) is 0 Å². The van der Waals surface area contributed by atoms with Gasteiger partial charge in [-0.3, -0.25) is 14.8 Å². The molecule has 3 rings (SSSR count). The molecule has 1 fully saturated rings. The first-order chi connectivity index (χ1) is 14.0. The Balaban J connectivity index is 0.00000320. The minimum Gasteiger partial charge on any atom is -0.369 e. The molecular weight excluding hydrogens is 402 g/mol. The highest BCUT2D eigenvalue weighted by atomic mass is 35.5. The van der Waals surface area contributed by atoms with E-state index in [1.165, 1.54) is 6.08 Å². The number of anilines is 1. The van der Waals surface area contributed by atoms with Crippen LogP contribution in [-0.4, -0.2) is 55.0 Å². The fourth-order valence-corrected chi connectivity index (χ4v) is 3.14. The number of likely N-dealkylation sites (N-methyl/N-ethyl adjacent to an activating group) is 1. The zero-order valence-corrected chi connectivity index (χ0v) is 17.6. The van der Waals surface area contributed by atoms with Gasteiger partial charge in [0.25, 0.3) is 5.91 Å². The molecule has 0 aromatic heterocycles. The Morgan fingerprint density at radius 3 is 2.13 bits per heavy atom. The smallest absolute Gasteiger partial charge is 0.267 e. The van der Waals surface area contributed by atoms with Crippen LogP contribution in [0.5, 0.6) is 0 Å². The molecule has 2 aromatic rings. The number of nitrogens with zero attached hydrogens (tertiary/aromatic N) is 2. The molecule has 1 saturated heterocycles. The van der Waals surface area contributed by atoms with E-state index >= 15 is 0 Å². The lowest BCUT2D eigenvalue weighted by atomic mass is 10.1. The van der Waals surface area contributed by atoms with E-state index in [2.05, 4.69) is 16.8 Å². The molecule has 1 amide bonds. The zero-order valence-electron chi connectivity index (χ0n) is 16.8. The van der Waals surface area contributed by atoms with Gasteiger partial charge in [0.05, 0.1) is 0 Å². The minimum atomic E-state index is -0.596. The normalized spacial score (nSPS) is 14.7. The van der Waals surface area contributed by atoms with Gasteiger partial charge in [0.15, 0.2) is 5.78 Å². The summed E-state index contributed by atoms with van der Waals surface area (Å²) in [6, 6.07) is 15.1. The minimum absolute atomic E-state index is 0. The standard InChI is InChI=1S/C23H25N3O3.ClH/c1-25-13-15-26(16-14-25)21-9-7-20(8-10-21)22(27)11-5-18-3-2-4-19(17-18)6-12-23(28)24-29;/h2-12,17,29H,13-16H2,1H3,(H,24,28);1H. The molecule has 1 aliphatic rings. The van der Waals surface area contributed by atoms with Gasteiger partial charge >= 0.3 is 0 Å². The zero-order chi connectivity index (χ0) is 20.6. The monoisotopic (exact) mass is 427 g/mol. The van der Waals surface area contributed by atoms with Crippen LogP contribution in [0, 0.1) is 0 Å². The lowest BCUT2D eigenvalue weighted by molar-refractivity contribution is -0.124. The summed E-state index contributed by atoms with van der Waals surface area (Å²) in [6.45, 7) is 4.08. The Morgan fingerprint density at radius 1 is 0.933 bits per heavy atom. The first-order valence-corrected chi connectivity index (χ1v) is 9.53. The summed E-state index contributed by atoms with van der Waals surface area (Å²) < 4.78 is 0. The molecule has 1 aliphatic heterocycles. The van der Waals surface area contributed by atoms with Crippen molar-refractivity contribution < 1.29 is 14.8 Å². The second kappa shape index (κ2) is 11.3. The molecule has 0 saturated carbocycles. The van der Waals surface area contributed by atoms with Gasteiger partial charge in [-0.1, -0.05) is 24.3 Å². The fourth-order valence-electron chi connectivity index (χ4n) is 3.14. The predicted molar refractivity (Wildman–Crippen MR) is 122 cm³/mol. The van der Waals surface area contributed by atoms with Crippen molar-refractivity contribution in [3.8, 4) is 0 Å². The molecule has 0 atom stereocenters. The molecule has 0 spiro atoms. The van der Waals surface area contributed by atoms with Crippen LogP contribution in [0.25, 0.3) is 12.2 Å². The van der Waals surface area contributed by atoms with Crippen molar-refractivity contribution >= 4 is 41.9 Å². The average molecular weight is 428 g/mol. The summed E-state index contributed by atoms with van der Waals surface area (Å²) >= 11 is 0. The van der Waals surface area contributed by atoms with E-state index in [0.29, 0.717) is 5.56 Å². The largest absolute Gasteiger partial charge is 0.369 e. The second-order valence-electron chi connectivity index (χ2n) is 7.01. The molecule has 0 radical (unpaired) electrons. The number of carbonyl (C=O) groups excluding carboxylic acids is 2. The number of benzene rings is 2. The number of hydroxylamine groups is 1. The van der Waals surface area contributed by atoms with E-state index in [1.54, 1.807) is 23.7 Å². The first-order valence-electron chi connectivity index (χ1n) is 9.53. The quantitative estimate of drug-likeness (QED) is 0.320. The number of carbonyl (C=O) groups is 2. The topological polar surface area (TPSA) is 72.9 Å². The predicted octanol–water partition coefficient (Wildman–Crippen LogP) is 3.27. The second-order valence-corrected chi connectivity index (χ2v) is 7.01. The van der Waals surface area contributed by atoms with Crippen LogP contribution in [0.4, 0.5) is 5.69 Å². The maximum Gasteiger partial charge on any atom is 0.267 e. The van der Waals surface area contributed by atoms with Crippen molar-refractivity contribution in [1.29, 1.82) is 0 Å². The SMILES string of the molecule is CN1CCN(c2ccc(C(=O)C=Cc3cccc(C=CC(=O)NO)c3)cc2)CC1.Cl. The maximum atomic E-state index is 12.5. The van der Waals surface area contributed by atoms with Crippen molar-refractivity contribution in [1.82, 2.24) is 10.4 Å². The molecule has 2 aromatic carbocycles. The highest BCUT2D eigenvalue weighted by Gasteiger charge is 2.14. The summed E-state index contributed by atoms with van der Waals surface area (Å²) in [5.41, 5.74) is 4.97. The summed E-state index contributed by atoms with van der Waals surface area (Å²) in [6.07, 6.45) is 6.12. The molecule has 6 nitrogen and oxygen atoms in total. The lowest BCUT2D eigenvalue weighted by Gasteiger charge is -2.34. The van der Waals surface area contributed by atoms with E-state index in [1.807, 2.05) is 48.5 Å². The number of rotatable bonds is 6. The van der Waals surface area contributed by atoms with Gasteiger partial charge in [0.1, 0.15) is 0 Å². The number of piperazine rings is 1. The molecule has 7 heteroatoms. The van der Waals surface area contributed by atoms with Crippen LogP contribution in [0.3, 0.4) is 0 Å². The van der Waals surface area contributed by atoms with Crippen molar-refractivity contribution in [2.75, 3.05) is 38.1 Å². The number of amides is 1. The van der Waals surface area contributed by atoms with Crippen LogP contribution in [0.2, 0.25) is 0 Å². The Hall–Kier alpha value is -2.93. The van der Waals surface area contributed by atoms with E-state index in [-0.39, 0.29) is 18.2 Å². The third-order valence-corrected chi connectivity index (χ3v) is 4.90. The third-order valence-electron chi connectivity index (χ3n) is 4.90. The Morgan fingerprint density at radius 2 is 1.53 bits per heavy atom. The number of hydrogen-bond acceptors (Lipinski definition) is 5. The number of ketones is 1. The van der Waals surface area contributed by atoms with Crippen molar-refractivity contribution in [3.63, 3.8) is 0 Å². The van der Waals surface area contributed by atoms with Gasteiger partial charge in [0.2, 0.25) is 0 Å². The van der Waals surface area contributed by atoms with Gasteiger partial charge in [-0.2, -0.15) is 0 Å². The Bertz CT molecular complexity index is 918. The molecule has 0 bridgehead atoms. The van der Waals surface area contributed by atoms with E-state index in [0.717, 1.165) is 43.0 Å². The Kier molecular flexibility index (Phi) is 8.80. The Labute approximate surface area is 182 Å². The molecule has 0 unspecified atom stereocenters. The highest BCUT2D eigenvalue weighted by molar-refractivity contribution is 6.07. The lowest BCUT2D eigenvalue weighted by Crippen LogP contribution is -2.44. The average Bonchev–Trinajstić information content (AvgIpc) is 2.76. The van der Waals surface area contributed by atoms with Crippen LogP contribution in [-0.2, 0) is 4.79 Å². The molecule has 2 N–H and O–H groups in total. The number of hydrogen-bond donors (Lipinski definition) is 2. The number of allylic oxidation sites excluding steroid dienone is 1. The van der Waals surface area contributed by atoms with Crippen LogP contribution >= 0.6 is 12.4 Å². The summed E-state index contributed by atoms with van der Waals surface area (Å²) in [7, 11) is 2.13. The first kappa shape index (κ1) is 23.3. The summed E-state index contributed by atoms with van der Waals surface area (Å²) in [5, 5.41) is 8.52. The van der Waals surface area contributed by atoms with Crippen LogP contribution in [0.1, 0.15) is 21.5 Å². The fraction of sp³-hybridized carbons (Fsp3) is 0.217. The van der Waals surface area contributed by atoms with Gasteiger partial charge in [-0.25, -0.2) is 5.48 Å². The van der Waals surface area contributed by atoms with Gasteiger partial charge in [-0.05, 0) is 60.7 Å². The highest BCUT2D eigenvalue weighted by Crippen LogP contribution is 2.18. The van der Waals surface area contributed by atoms with Crippen LogP contribution in [0.15, 0.2) is 60.7 Å². The van der Waals surface area contributed by atoms with E-state index in [9.17, 15) is 9.59 Å². The molecule has 30 heavy (non-hydrogen) atoms. The van der Waals surface area contributed by atoms with Crippen molar-refractivity contribution in [3.05, 3.63) is 77.4 Å². The van der Waals surface area contributed by atoms with Crippen molar-refractivity contribution in [2.24, 2.45) is 0 Å². The van der Waals surface area contributed by atoms with Gasteiger partial charge < -0.3 is 9.80 Å². The summed E-state index contributed by atoms with van der Waals surface area (Å²) in [5.74, 6) is -0.656. The third kappa shape index (κ3) is 6.56. The molecular formula is C23H26ClN3O3. The number of halogens is 1. The van der Waals surface area contributed by atoms with Crippen LogP contribution < -0.4 is 10.4 Å². The maximum absolute atomic E-state index is 12.5. The van der Waals surface area contributed by atoms with Gasteiger partial charge in [0, 0.05) is 43.5 Å². The summed E-state index contributed by atoms with van der Waals surface area (Å²) in [4.78, 5) is 28.2. The van der Waals surface area contributed by atoms with E-state index < -0.39 is 5.91 Å².